The Morgan fingerprint density at radius 2 is 2.08 bits per heavy atom. The van der Waals surface area contributed by atoms with Crippen LogP contribution in [-0.2, 0) is 16.0 Å². The maximum atomic E-state index is 12.5. The van der Waals surface area contributed by atoms with Crippen LogP contribution in [0.4, 0.5) is 0 Å². The van der Waals surface area contributed by atoms with E-state index in [0.717, 1.165) is 30.1 Å². The molecule has 1 atom stereocenters. The summed E-state index contributed by atoms with van der Waals surface area (Å²) in [5, 5.41) is 0. The molecule has 1 aliphatic heterocycles. The zero-order valence-corrected chi connectivity index (χ0v) is 14.8. The second-order valence-electron chi connectivity index (χ2n) is 6.39. The van der Waals surface area contributed by atoms with E-state index in [2.05, 4.69) is 15.0 Å². The van der Waals surface area contributed by atoms with E-state index in [1.54, 1.807) is 12.4 Å². The van der Waals surface area contributed by atoms with Gasteiger partial charge in [0, 0.05) is 31.1 Å². The fraction of sp³-hybridized carbons (Fsp3) is 0.474. The summed E-state index contributed by atoms with van der Waals surface area (Å²) in [4.78, 5) is 27.2. The predicted molar refractivity (Wildman–Crippen MR) is 94.0 cm³/mol. The van der Waals surface area contributed by atoms with Crippen molar-refractivity contribution in [1.82, 2.24) is 19.9 Å². The average molecular weight is 340 g/mol. The van der Waals surface area contributed by atoms with Crippen LogP contribution in [0.3, 0.4) is 0 Å². The van der Waals surface area contributed by atoms with Crippen LogP contribution in [0.1, 0.15) is 41.7 Å². The van der Waals surface area contributed by atoms with Crippen molar-refractivity contribution in [3.8, 4) is 0 Å². The Morgan fingerprint density at radius 1 is 1.28 bits per heavy atom. The number of ether oxygens (including phenoxy) is 1. The fourth-order valence-corrected chi connectivity index (χ4v) is 3.12. The number of pyridine rings is 1. The first kappa shape index (κ1) is 17.5. The van der Waals surface area contributed by atoms with Crippen LogP contribution in [0, 0.1) is 13.8 Å². The Labute approximate surface area is 148 Å². The normalized spacial score (nSPS) is 17.5. The molecule has 3 heterocycles. The zero-order chi connectivity index (χ0) is 17.6. The molecule has 0 radical (unpaired) electrons. The molecule has 1 amide bonds. The lowest BCUT2D eigenvalue weighted by molar-refractivity contribution is -0.139. The Kier molecular flexibility index (Phi) is 5.71. The van der Waals surface area contributed by atoms with Gasteiger partial charge in [-0.25, -0.2) is 9.97 Å². The molecular formula is C19H24N4O2. The van der Waals surface area contributed by atoms with Gasteiger partial charge >= 0.3 is 0 Å². The minimum Gasteiger partial charge on any atom is -0.368 e. The standard InChI is InChI=1S/C19H24N4O2/c1-14-12-17(22-15(2)21-14)18-13-23(10-11-25-18)19(24)5-3-4-16-6-8-20-9-7-16/h6-9,12,18H,3-5,10-11,13H2,1-2H3. The number of carbonyl (C=O) groups excluding carboxylic acids is 1. The van der Waals surface area contributed by atoms with Crippen molar-refractivity contribution in [2.75, 3.05) is 19.7 Å². The van der Waals surface area contributed by atoms with E-state index in [1.807, 2.05) is 36.9 Å². The maximum absolute atomic E-state index is 12.5. The molecule has 2 aromatic heterocycles. The Bertz CT molecular complexity index is 700. The summed E-state index contributed by atoms with van der Waals surface area (Å²) in [7, 11) is 0. The van der Waals surface area contributed by atoms with Crippen LogP contribution in [-0.4, -0.2) is 45.5 Å². The molecule has 0 aromatic carbocycles. The van der Waals surface area contributed by atoms with E-state index < -0.39 is 0 Å². The van der Waals surface area contributed by atoms with Crippen LogP contribution >= 0.6 is 0 Å². The number of hydrogen-bond acceptors (Lipinski definition) is 5. The highest BCUT2D eigenvalue weighted by molar-refractivity contribution is 5.76. The Hall–Kier alpha value is -2.34. The van der Waals surface area contributed by atoms with Crippen LogP contribution in [0.2, 0.25) is 0 Å². The summed E-state index contributed by atoms with van der Waals surface area (Å²) in [6.07, 6.45) is 5.70. The van der Waals surface area contributed by atoms with E-state index >= 15 is 0 Å². The lowest BCUT2D eigenvalue weighted by Gasteiger charge is -2.33. The van der Waals surface area contributed by atoms with Crippen LogP contribution in [0.5, 0.6) is 0 Å². The number of amides is 1. The first-order valence-corrected chi connectivity index (χ1v) is 8.72. The number of aromatic nitrogens is 3. The minimum absolute atomic E-state index is 0.168. The highest BCUT2D eigenvalue weighted by Crippen LogP contribution is 2.22. The second-order valence-corrected chi connectivity index (χ2v) is 6.39. The van der Waals surface area contributed by atoms with Gasteiger partial charge in [0.1, 0.15) is 11.9 Å². The van der Waals surface area contributed by atoms with Crippen molar-refractivity contribution in [3.63, 3.8) is 0 Å². The second kappa shape index (κ2) is 8.16. The molecule has 1 aliphatic rings. The number of carbonyl (C=O) groups is 1. The Morgan fingerprint density at radius 3 is 2.84 bits per heavy atom. The molecule has 132 valence electrons. The van der Waals surface area contributed by atoms with Crippen molar-refractivity contribution in [1.29, 1.82) is 0 Å². The summed E-state index contributed by atoms with van der Waals surface area (Å²) >= 11 is 0. The molecule has 2 aromatic rings. The monoisotopic (exact) mass is 340 g/mol. The first-order valence-electron chi connectivity index (χ1n) is 8.72. The number of rotatable bonds is 5. The topological polar surface area (TPSA) is 68.2 Å². The van der Waals surface area contributed by atoms with Crippen molar-refractivity contribution in [2.45, 2.75) is 39.2 Å². The lowest BCUT2D eigenvalue weighted by Crippen LogP contribution is -2.42. The van der Waals surface area contributed by atoms with Gasteiger partial charge in [0.2, 0.25) is 5.91 Å². The Balaban J connectivity index is 1.54. The third-order valence-electron chi connectivity index (χ3n) is 4.34. The van der Waals surface area contributed by atoms with Crippen LogP contribution in [0.25, 0.3) is 0 Å². The summed E-state index contributed by atoms with van der Waals surface area (Å²) in [6.45, 7) is 5.57. The number of hydrogen-bond donors (Lipinski definition) is 0. The highest BCUT2D eigenvalue weighted by Gasteiger charge is 2.26. The zero-order valence-electron chi connectivity index (χ0n) is 14.8. The van der Waals surface area contributed by atoms with E-state index in [1.165, 1.54) is 5.56 Å². The van der Waals surface area contributed by atoms with E-state index in [9.17, 15) is 4.79 Å². The summed E-state index contributed by atoms with van der Waals surface area (Å²) < 4.78 is 5.84. The average Bonchev–Trinajstić information content (AvgIpc) is 2.62. The van der Waals surface area contributed by atoms with Crippen LogP contribution < -0.4 is 0 Å². The molecular weight excluding hydrogens is 316 g/mol. The molecule has 0 spiro atoms. The third kappa shape index (κ3) is 4.82. The summed E-state index contributed by atoms with van der Waals surface area (Å²) in [6, 6.07) is 5.93. The smallest absolute Gasteiger partial charge is 0.222 e. The molecule has 1 fully saturated rings. The quantitative estimate of drug-likeness (QED) is 0.836. The summed E-state index contributed by atoms with van der Waals surface area (Å²) in [5.74, 6) is 0.921. The van der Waals surface area contributed by atoms with Crippen molar-refractivity contribution >= 4 is 5.91 Å². The molecule has 0 aliphatic carbocycles. The number of morpholine rings is 1. The van der Waals surface area contributed by atoms with Crippen molar-refractivity contribution < 1.29 is 9.53 Å². The van der Waals surface area contributed by atoms with Gasteiger partial charge in [-0.05, 0) is 50.5 Å². The van der Waals surface area contributed by atoms with Gasteiger partial charge in [-0.1, -0.05) is 0 Å². The van der Waals surface area contributed by atoms with Crippen molar-refractivity contribution in [3.05, 3.63) is 53.4 Å². The van der Waals surface area contributed by atoms with Crippen molar-refractivity contribution in [2.24, 2.45) is 0 Å². The number of aryl methyl sites for hydroxylation is 3. The highest BCUT2D eigenvalue weighted by atomic mass is 16.5. The molecule has 25 heavy (non-hydrogen) atoms. The molecule has 1 saturated heterocycles. The van der Waals surface area contributed by atoms with Gasteiger partial charge < -0.3 is 9.64 Å². The van der Waals surface area contributed by atoms with Gasteiger partial charge in [-0.15, -0.1) is 0 Å². The number of nitrogens with zero attached hydrogens (tertiary/aromatic N) is 4. The van der Waals surface area contributed by atoms with Gasteiger partial charge in [0.05, 0.1) is 18.8 Å². The predicted octanol–water partition coefficient (Wildman–Crippen LogP) is 2.41. The van der Waals surface area contributed by atoms with E-state index in [-0.39, 0.29) is 12.0 Å². The minimum atomic E-state index is -0.168. The van der Waals surface area contributed by atoms with Gasteiger partial charge in [0.15, 0.2) is 0 Å². The molecule has 6 heteroatoms. The molecule has 0 saturated carbocycles. The largest absolute Gasteiger partial charge is 0.368 e. The fourth-order valence-electron chi connectivity index (χ4n) is 3.12. The van der Waals surface area contributed by atoms with E-state index in [4.69, 9.17) is 4.74 Å². The van der Waals surface area contributed by atoms with E-state index in [0.29, 0.717) is 26.1 Å². The lowest BCUT2D eigenvalue weighted by atomic mass is 10.1. The van der Waals surface area contributed by atoms with Gasteiger partial charge in [-0.2, -0.15) is 0 Å². The molecule has 0 N–H and O–H groups in total. The molecule has 0 bridgehead atoms. The van der Waals surface area contributed by atoms with Gasteiger partial charge in [-0.3, -0.25) is 9.78 Å². The van der Waals surface area contributed by atoms with Gasteiger partial charge in [0.25, 0.3) is 0 Å². The maximum Gasteiger partial charge on any atom is 0.222 e. The molecule has 3 rings (SSSR count). The van der Waals surface area contributed by atoms with Crippen LogP contribution in [0.15, 0.2) is 30.6 Å². The first-order chi connectivity index (χ1) is 12.1. The molecule has 6 nitrogen and oxygen atoms in total. The molecule has 1 unspecified atom stereocenters. The third-order valence-corrected chi connectivity index (χ3v) is 4.34. The summed E-state index contributed by atoms with van der Waals surface area (Å²) in [5.41, 5.74) is 3.00. The SMILES string of the molecule is Cc1cc(C2CN(C(=O)CCCc3ccncc3)CCO2)nc(C)n1.